The minimum atomic E-state index is -0.533. The van der Waals surface area contributed by atoms with E-state index in [1.165, 1.54) is 12.1 Å². The lowest BCUT2D eigenvalue weighted by molar-refractivity contribution is -0.385. The Balaban J connectivity index is 2.36. The van der Waals surface area contributed by atoms with Crippen LogP contribution in [0.2, 0.25) is 0 Å². The first-order valence-corrected chi connectivity index (χ1v) is 5.92. The first-order valence-electron chi connectivity index (χ1n) is 5.92. The SMILES string of the molecule is C/C=C/C=C1\N=C(c2ccc([N+](=O)[O-])c(C)c2)OC1=O. The number of allylic oxidation sites excluding steroid dienone is 3. The summed E-state index contributed by atoms with van der Waals surface area (Å²) in [6.45, 7) is 3.44. The Bertz CT molecular complexity index is 672. The number of hydrogen-bond acceptors (Lipinski definition) is 5. The molecule has 0 aromatic heterocycles. The molecule has 0 spiro atoms. The van der Waals surface area contributed by atoms with Crippen LogP contribution in [0.4, 0.5) is 5.69 Å². The highest BCUT2D eigenvalue weighted by atomic mass is 16.6. The van der Waals surface area contributed by atoms with E-state index in [0.29, 0.717) is 11.1 Å². The van der Waals surface area contributed by atoms with Gasteiger partial charge in [-0.05, 0) is 32.1 Å². The number of rotatable bonds is 3. The third kappa shape index (κ3) is 2.64. The summed E-state index contributed by atoms with van der Waals surface area (Å²) in [6.07, 6.45) is 5.00. The highest BCUT2D eigenvalue weighted by molar-refractivity contribution is 6.11. The fraction of sp³-hybridized carbons (Fsp3) is 0.143. The van der Waals surface area contributed by atoms with E-state index in [-0.39, 0.29) is 17.3 Å². The Morgan fingerprint density at radius 2 is 2.15 bits per heavy atom. The highest BCUT2D eigenvalue weighted by Crippen LogP contribution is 2.22. The van der Waals surface area contributed by atoms with Crippen molar-refractivity contribution in [2.24, 2.45) is 4.99 Å². The van der Waals surface area contributed by atoms with Crippen molar-refractivity contribution in [1.29, 1.82) is 0 Å². The molecule has 0 fully saturated rings. The van der Waals surface area contributed by atoms with Crippen molar-refractivity contribution < 1.29 is 14.5 Å². The second-order valence-corrected chi connectivity index (χ2v) is 4.14. The van der Waals surface area contributed by atoms with Crippen LogP contribution in [-0.2, 0) is 9.53 Å². The quantitative estimate of drug-likeness (QED) is 0.366. The smallest absolute Gasteiger partial charge is 0.363 e. The summed E-state index contributed by atoms with van der Waals surface area (Å²) in [5.74, 6) is -0.377. The second-order valence-electron chi connectivity index (χ2n) is 4.14. The van der Waals surface area contributed by atoms with Crippen LogP contribution in [-0.4, -0.2) is 16.8 Å². The Kier molecular flexibility index (Phi) is 3.74. The average Bonchev–Trinajstić information content (AvgIpc) is 2.77. The fourth-order valence-corrected chi connectivity index (χ4v) is 1.73. The van der Waals surface area contributed by atoms with Crippen LogP contribution in [0.1, 0.15) is 18.1 Å². The predicted molar refractivity (Wildman–Crippen MR) is 73.4 cm³/mol. The normalized spacial score (nSPS) is 16.6. The van der Waals surface area contributed by atoms with Gasteiger partial charge in [-0.2, -0.15) is 0 Å². The van der Waals surface area contributed by atoms with Crippen LogP contribution in [0.15, 0.2) is 47.1 Å². The summed E-state index contributed by atoms with van der Waals surface area (Å²) in [6, 6.07) is 4.45. The number of cyclic esters (lactones) is 1. The molecular weight excluding hydrogens is 260 g/mol. The molecule has 0 unspecified atom stereocenters. The molecule has 0 radical (unpaired) electrons. The van der Waals surface area contributed by atoms with Gasteiger partial charge in [0.25, 0.3) is 5.69 Å². The maximum absolute atomic E-state index is 11.6. The van der Waals surface area contributed by atoms with Gasteiger partial charge >= 0.3 is 5.97 Å². The van der Waals surface area contributed by atoms with Crippen molar-refractivity contribution in [3.05, 3.63) is 63.4 Å². The number of aliphatic imine (C=N–C) groups is 1. The zero-order chi connectivity index (χ0) is 14.7. The first kappa shape index (κ1) is 13.7. The number of hydrogen-bond donors (Lipinski definition) is 0. The van der Waals surface area contributed by atoms with Gasteiger partial charge in [-0.15, -0.1) is 0 Å². The van der Waals surface area contributed by atoms with Crippen LogP contribution in [0.5, 0.6) is 0 Å². The van der Waals surface area contributed by atoms with Gasteiger partial charge in [0.15, 0.2) is 5.70 Å². The number of aryl methyl sites for hydroxylation is 1. The molecule has 2 rings (SSSR count). The molecule has 1 aromatic rings. The molecule has 6 heteroatoms. The van der Waals surface area contributed by atoms with E-state index in [0.717, 1.165) is 0 Å². The van der Waals surface area contributed by atoms with Crippen LogP contribution in [0, 0.1) is 17.0 Å². The molecule has 6 nitrogen and oxygen atoms in total. The summed E-state index contributed by atoms with van der Waals surface area (Å²) in [5, 5.41) is 10.7. The number of esters is 1. The zero-order valence-corrected chi connectivity index (χ0v) is 11.0. The molecular formula is C14H12N2O4. The summed E-state index contributed by atoms with van der Waals surface area (Å²) in [5.41, 5.74) is 1.24. The van der Waals surface area contributed by atoms with E-state index in [1.807, 2.05) is 6.92 Å². The summed E-state index contributed by atoms with van der Waals surface area (Å²) >= 11 is 0. The Hall–Kier alpha value is -2.76. The molecule has 1 aliphatic heterocycles. The molecule has 0 N–H and O–H groups in total. The molecule has 0 saturated heterocycles. The van der Waals surface area contributed by atoms with Gasteiger partial charge in [0, 0.05) is 17.2 Å². The van der Waals surface area contributed by atoms with Gasteiger partial charge in [0.2, 0.25) is 5.90 Å². The van der Waals surface area contributed by atoms with Crippen LogP contribution >= 0.6 is 0 Å². The summed E-state index contributed by atoms with van der Waals surface area (Å²) < 4.78 is 5.05. The zero-order valence-electron chi connectivity index (χ0n) is 11.0. The average molecular weight is 272 g/mol. The van der Waals surface area contributed by atoms with Crippen molar-refractivity contribution in [3.63, 3.8) is 0 Å². The monoisotopic (exact) mass is 272 g/mol. The van der Waals surface area contributed by atoms with Gasteiger partial charge in [-0.25, -0.2) is 9.79 Å². The number of carbonyl (C=O) groups is 1. The minimum Gasteiger partial charge on any atom is -0.402 e. The predicted octanol–water partition coefficient (Wildman–Crippen LogP) is 2.67. The lowest BCUT2D eigenvalue weighted by atomic mass is 10.1. The van der Waals surface area contributed by atoms with Gasteiger partial charge in [-0.1, -0.05) is 12.2 Å². The Labute approximate surface area is 115 Å². The largest absolute Gasteiger partial charge is 0.402 e. The number of nitro groups is 1. The number of nitrogens with zero attached hydrogens (tertiary/aromatic N) is 2. The van der Waals surface area contributed by atoms with Crippen molar-refractivity contribution in [2.75, 3.05) is 0 Å². The number of nitro benzene ring substituents is 1. The van der Waals surface area contributed by atoms with Gasteiger partial charge in [0.1, 0.15) is 0 Å². The maximum Gasteiger partial charge on any atom is 0.363 e. The lowest BCUT2D eigenvalue weighted by Gasteiger charge is -2.01. The highest BCUT2D eigenvalue weighted by Gasteiger charge is 2.24. The molecule has 0 saturated carbocycles. The minimum absolute atomic E-state index is 0.0170. The third-order valence-electron chi connectivity index (χ3n) is 2.71. The molecule has 1 aliphatic rings. The van der Waals surface area contributed by atoms with Crippen LogP contribution < -0.4 is 0 Å². The summed E-state index contributed by atoms with van der Waals surface area (Å²) in [4.78, 5) is 25.9. The Morgan fingerprint density at radius 1 is 1.40 bits per heavy atom. The van der Waals surface area contributed by atoms with E-state index in [1.54, 1.807) is 31.2 Å². The van der Waals surface area contributed by atoms with E-state index in [2.05, 4.69) is 4.99 Å². The second kappa shape index (κ2) is 5.48. The van der Waals surface area contributed by atoms with E-state index in [4.69, 9.17) is 4.74 Å². The molecule has 0 atom stereocenters. The number of ether oxygens (including phenoxy) is 1. The van der Waals surface area contributed by atoms with E-state index in [9.17, 15) is 14.9 Å². The van der Waals surface area contributed by atoms with E-state index >= 15 is 0 Å². The van der Waals surface area contributed by atoms with Crippen molar-refractivity contribution in [2.45, 2.75) is 13.8 Å². The molecule has 1 heterocycles. The molecule has 20 heavy (non-hydrogen) atoms. The van der Waals surface area contributed by atoms with Crippen LogP contribution in [0.25, 0.3) is 0 Å². The van der Waals surface area contributed by atoms with Crippen LogP contribution in [0.3, 0.4) is 0 Å². The first-order chi connectivity index (χ1) is 9.52. The lowest BCUT2D eigenvalue weighted by Crippen LogP contribution is -2.06. The Morgan fingerprint density at radius 3 is 2.75 bits per heavy atom. The fourth-order valence-electron chi connectivity index (χ4n) is 1.73. The molecule has 1 aromatic carbocycles. The standard InChI is InChI=1S/C14H12N2O4/c1-3-4-5-11-14(17)20-13(15-11)10-6-7-12(16(18)19)9(2)8-10/h3-8H,1-2H3/b4-3+,11-5-. The van der Waals surface area contributed by atoms with Crippen molar-refractivity contribution in [3.8, 4) is 0 Å². The topological polar surface area (TPSA) is 81.8 Å². The molecule has 102 valence electrons. The van der Waals surface area contributed by atoms with Gasteiger partial charge in [0.05, 0.1) is 4.92 Å². The van der Waals surface area contributed by atoms with E-state index < -0.39 is 10.9 Å². The van der Waals surface area contributed by atoms with Gasteiger partial charge in [-0.3, -0.25) is 10.1 Å². The third-order valence-corrected chi connectivity index (χ3v) is 2.71. The maximum atomic E-state index is 11.6. The van der Waals surface area contributed by atoms with Crippen molar-refractivity contribution >= 4 is 17.6 Å². The summed E-state index contributed by atoms with van der Waals surface area (Å²) in [7, 11) is 0. The number of carbonyl (C=O) groups excluding carboxylic acids is 1. The van der Waals surface area contributed by atoms with Crippen molar-refractivity contribution in [1.82, 2.24) is 0 Å². The molecule has 0 amide bonds. The molecule has 0 bridgehead atoms. The molecule has 0 aliphatic carbocycles. The number of benzene rings is 1. The van der Waals surface area contributed by atoms with Gasteiger partial charge < -0.3 is 4.74 Å².